The van der Waals surface area contributed by atoms with Gasteiger partial charge < -0.3 is 10.6 Å². The molecule has 0 spiro atoms. The molecule has 2 aromatic rings. The van der Waals surface area contributed by atoms with Gasteiger partial charge in [-0.1, -0.05) is 19.1 Å². The highest BCUT2D eigenvalue weighted by Crippen LogP contribution is 2.25. The van der Waals surface area contributed by atoms with Crippen LogP contribution < -0.4 is 10.6 Å². The van der Waals surface area contributed by atoms with Crippen LogP contribution in [0.2, 0.25) is 0 Å². The van der Waals surface area contributed by atoms with E-state index in [0.29, 0.717) is 6.54 Å². The maximum absolute atomic E-state index is 5.63. The first kappa shape index (κ1) is 13.6. The molecule has 0 aliphatic heterocycles. The molecule has 100 valence electrons. The van der Waals surface area contributed by atoms with E-state index in [9.17, 15) is 0 Å². The first-order valence-corrected chi connectivity index (χ1v) is 6.64. The highest BCUT2D eigenvalue weighted by molar-refractivity contribution is 5.62. The molecular weight excluding hydrogens is 234 g/mol. The minimum absolute atomic E-state index is 0.531. The number of benzene rings is 1. The van der Waals surface area contributed by atoms with Crippen molar-refractivity contribution in [2.45, 2.75) is 26.8 Å². The van der Waals surface area contributed by atoms with E-state index in [1.165, 1.54) is 5.56 Å². The Morgan fingerprint density at radius 2 is 1.84 bits per heavy atom. The van der Waals surface area contributed by atoms with Crippen molar-refractivity contribution in [3.05, 3.63) is 53.2 Å². The fraction of sp³-hybridized carbons (Fsp3) is 0.312. The zero-order valence-electron chi connectivity index (χ0n) is 11.9. The summed E-state index contributed by atoms with van der Waals surface area (Å²) in [5.74, 6) is 0.974. The zero-order chi connectivity index (χ0) is 13.8. The average molecular weight is 255 g/mol. The number of hydrogen-bond donors (Lipinski definition) is 1. The summed E-state index contributed by atoms with van der Waals surface area (Å²) < 4.78 is 0. The van der Waals surface area contributed by atoms with Gasteiger partial charge >= 0.3 is 0 Å². The maximum Gasteiger partial charge on any atom is 0.135 e. The SMILES string of the molecule is CCc1ccc(N(C)c2ncc(CN)cc2C)cc1. The highest BCUT2D eigenvalue weighted by atomic mass is 15.2. The van der Waals surface area contributed by atoms with Crippen LogP contribution in [0.3, 0.4) is 0 Å². The summed E-state index contributed by atoms with van der Waals surface area (Å²) in [5.41, 5.74) is 10.3. The number of aromatic nitrogens is 1. The predicted molar refractivity (Wildman–Crippen MR) is 80.7 cm³/mol. The van der Waals surface area contributed by atoms with Crippen LogP contribution in [0, 0.1) is 6.92 Å². The van der Waals surface area contributed by atoms with E-state index in [2.05, 4.69) is 54.1 Å². The Hall–Kier alpha value is -1.87. The second-order valence-corrected chi connectivity index (χ2v) is 4.77. The van der Waals surface area contributed by atoms with Gasteiger partial charge in [-0.25, -0.2) is 4.98 Å². The molecule has 0 saturated carbocycles. The summed E-state index contributed by atoms with van der Waals surface area (Å²) in [6, 6.07) is 10.7. The zero-order valence-corrected chi connectivity index (χ0v) is 11.9. The van der Waals surface area contributed by atoms with E-state index < -0.39 is 0 Å². The van der Waals surface area contributed by atoms with E-state index in [-0.39, 0.29) is 0 Å². The van der Waals surface area contributed by atoms with Crippen LogP contribution in [-0.4, -0.2) is 12.0 Å². The van der Waals surface area contributed by atoms with Crippen molar-refractivity contribution < 1.29 is 0 Å². The summed E-state index contributed by atoms with van der Waals surface area (Å²) in [5, 5.41) is 0. The van der Waals surface area contributed by atoms with Crippen LogP contribution in [0.5, 0.6) is 0 Å². The third kappa shape index (κ3) is 2.93. The number of hydrogen-bond acceptors (Lipinski definition) is 3. The molecule has 3 nitrogen and oxygen atoms in total. The smallest absolute Gasteiger partial charge is 0.135 e. The van der Waals surface area contributed by atoms with Gasteiger partial charge in [0.2, 0.25) is 0 Å². The topological polar surface area (TPSA) is 42.2 Å². The number of pyridine rings is 1. The number of nitrogens with zero attached hydrogens (tertiary/aromatic N) is 2. The Balaban J connectivity index is 2.29. The lowest BCUT2D eigenvalue weighted by atomic mass is 10.1. The second-order valence-electron chi connectivity index (χ2n) is 4.77. The van der Waals surface area contributed by atoms with Gasteiger partial charge in [0.25, 0.3) is 0 Å². The van der Waals surface area contributed by atoms with Crippen molar-refractivity contribution in [3.8, 4) is 0 Å². The molecule has 19 heavy (non-hydrogen) atoms. The number of rotatable bonds is 4. The van der Waals surface area contributed by atoms with Crippen molar-refractivity contribution >= 4 is 11.5 Å². The molecule has 1 aromatic carbocycles. The lowest BCUT2D eigenvalue weighted by Gasteiger charge is -2.21. The number of nitrogens with two attached hydrogens (primary N) is 1. The van der Waals surface area contributed by atoms with Crippen LogP contribution in [-0.2, 0) is 13.0 Å². The van der Waals surface area contributed by atoms with Crippen LogP contribution in [0.25, 0.3) is 0 Å². The van der Waals surface area contributed by atoms with Gasteiger partial charge in [-0.2, -0.15) is 0 Å². The third-order valence-electron chi connectivity index (χ3n) is 3.39. The summed E-state index contributed by atoms with van der Waals surface area (Å²) >= 11 is 0. The minimum atomic E-state index is 0.531. The van der Waals surface area contributed by atoms with Crippen LogP contribution in [0.1, 0.15) is 23.6 Å². The monoisotopic (exact) mass is 255 g/mol. The standard InChI is InChI=1S/C16H21N3/c1-4-13-5-7-15(8-6-13)19(3)16-12(2)9-14(10-17)11-18-16/h5-9,11H,4,10,17H2,1-3H3. The highest BCUT2D eigenvalue weighted by Gasteiger charge is 2.08. The molecule has 0 amide bonds. The summed E-state index contributed by atoms with van der Waals surface area (Å²) in [4.78, 5) is 6.62. The second kappa shape index (κ2) is 5.85. The molecule has 0 aliphatic rings. The van der Waals surface area contributed by atoms with E-state index in [4.69, 9.17) is 5.73 Å². The van der Waals surface area contributed by atoms with Gasteiger partial charge in [0.05, 0.1) is 0 Å². The molecule has 0 atom stereocenters. The molecular formula is C16H21N3. The number of anilines is 2. The first-order chi connectivity index (χ1) is 9.15. The van der Waals surface area contributed by atoms with Crippen molar-refractivity contribution in [2.75, 3.05) is 11.9 Å². The molecule has 0 fully saturated rings. The molecule has 0 aliphatic carbocycles. The Morgan fingerprint density at radius 3 is 2.37 bits per heavy atom. The van der Waals surface area contributed by atoms with Crippen molar-refractivity contribution in [3.63, 3.8) is 0 Å². The summed E-state index contributed by atoms with van der Waals surface area (Å²) in [6.07, 6.45) is 2.91. The quantitative estimate of drug-likeness (QED) is 0.912. The Morgan fingerprint density at radius 1 is 1.16 bits per heavy atom. The summed E-state index contributed by atoms with van der Waals surface area (Å²) in [7, 11) is 2.04. The predicted octanol–water partition coefficient (Wildman–Crippen LogP) is 3.18. The summed E-state index contributed by atoms with van der Waals surface area (Å²) in [6.45, 7) is 4.76. The number of aryl methyl sites for hydroxylation is 2. The van der Waals surface area contributed by atoms with E-state index >= 15 is 0 Å². The molecule has 1 aromatic heterocycles. The Kier molecular flexibility index (Phi) is 4.17. The van der Waals surface area contributed by atoms with Crippen LogP contribution in [0.4, 0.5) is 11.5 Å². The van der Waals surface area contributed by atoms with Crippen LogP contribution in [0.15, 0.2) is 36.5 Å². The normalized spacial score (nSPS) is 10.5. The molecule has 2 N–H and O–H groups in total. The van der Waals surface area contributed by atoms with Gasteiger partial charge in [-0.05, 0) is 48.2 Å². The van der Waals surface area contributed by atoms with E-state index in [0.717, 1.165) is 29.1 Å². The van der Waals surface area contributed by atoms with Crippen molar-refractivity contribution in [1.29, 1.82) is 0 Å². The fourth-order valence-corrected chi connectivity index (χ4v) is 2.17. The largest absolute Gasteiger partial charge is 0.329 e. The van der Waals surface area contributed by atoms with Gasteiger partial charge in [-0.3, -0.25) is 0 Å². The average Bonchev–Trinajstić information content (AvgIpc) is 2.46. The van der Waals surface area contributed by atoms with Crippen LogP contribution >= 0.6 is 0 Å². The van der Waals surface area contributed by atoms with E-state index in [1.54, 1.807) is 0 Å². The van der Waals surface area contributed by atoms with Crippen molar-refractivity contribution in [2.24, 2.45) is 5.73 Å². The fourth-order valence-electron chi connectivity index (χ4n) is 2.17. The van der Waals surface area contributed by atoms with Gasteiger partial charge in [0.1, 0.15) is 5.82 Å². The van der Waals surface area contributed by atoms with Gasteiger partial charge in [0.15, 0.2) is 0 Å². The molecule has 3 heteroatoms. The van der Waals surface area contributed by atoms with Crippen molar-refractivity contribution in [1.82, 2.24) is 4.98 Å². The maximum atomic E-state index is 5.63. The first-order valence-electron chi connectivity index (χ1n) is 6.64. The molecule has 1 heterocycles. The third-order valence-corrected chi connectivity index (χ3v) is 3.39. The lowest BCUT2D eigenvalue weighted by molar-refractivity contribution is 1.02. The molecule has 0 radical (unpaired) electrons. The van der Waals surface area contributed by atoms with Gasteiger partial charge in [0, 0.05) is 25.5 Å². The Bertz CT molecular complexity index is 546. The lowest BCUT2D eigenvalue weighted by Crippen LogP contribution is -2.13. The minimum Gasteiger partial charge on any atom is -0.329 e. The van der Waals surface area contributed by atoms with E-state index in [1.807, 2.05) is 13.2 Å². The molecule has 0 unspecified atom stereocenters. The molecule has 2 rings (SSSR count). The molecule has 0 saturated heterocycles. The van der Waals surface area contributed by atoms with Gasteiger partial charge in [-0.15, -0.1) is 0 Å². The molecule has 0 bridgehead atoms. The Labute approximate surface area is 115 Å².